The third kappa shape index (κ3) is 5.34. The zero-order chi connectivity index (χ0) is 14.5. The van der Waals surface area contributed by atoms with Gasteiger partial charge in [0.1, 0.15) is 5.60 Å². The number of aliphatic hydroxyl groups is 1. The first kappa shape index (κ1) is 16.2. The fourth-order valence-electron chi connectivity index (χ4n) is 1.98. The van der Waals surface area contributed by atoms with Crippen LogP contribution in [0.25, 0.3) is 0 Å². The second-order valence-corrected chi connectivity index (χ2v) is 5.79. The summed E-state index contributed by atoms with van der Waals surface area (Å²) in [6.45, 7) is 9.00. The lowest BCUT2D eigenvalue weighted by atomic mass is 10.1. The molecular weight excluding hydrogens is 248 g/mol. The van der Waals surface area contributed by atoms with E-state index in [0.29, 0.717) is 26.2 Å². The Labute approximate surface area is 115 Å². The van der Waals surface area contributed by atoms with E-state index >= 15 is 0 Å². The molecule has 1 amide bonds. The Morgan fingerprint density at radius 2 is 2.00 bits per heavy atom. The molecule has 0 atom stereocenters. The Bertz CT molecular complexity index is 285. The summed E-state index contributed by atoms with van der Waals surface area (Å²) in [6, 6.07) is 0.287. The van der Waals surface area contributed by atoms with Gasteiger partial charge in [0.05, 0.1) is 13.2 Å². The molecule has 0 unspecified atom stereocenters. The van der Waals surface area contributed by atoms with Crippen molar-refractivity contribution >= 4 is 6.09 Å². The second kappa shape index (κ2) is 7.07. The number of carbonyl (C=O) groups excluding carboxylic acids is 1. The number of methoxy groups -OCH3 is 1. The van der Waals surface area contributed by atoms with Crippen LogP contribution in [0.2, 0.25) is 0 Å². The average Bonchev–Trinajstić information content (AvgIpc) is 2.21. The summed E-state index contributed by atoms with van der Waals surface area (Å²) < 4.78 is 10.4. The molecule has 0 aromatic rings. The van der Waals surface area contributed by atoms with Crippen LogP contribution in [0, 0.1) is 0 Å². The molecule has 1 heterocycles. The van der Waals surface area contributed by atoms with Crippen LogP contribution in [-0.4, -0.2) is 79.1 Å². The van der Waals surface area contributed by atoms with Crippen LogP contribution < -0.4 is 0 Å². The molecule has 0 aromatic carbocycles. The van der Waals surface area contributed by atoms with Gasteiger partial charge in [0.2, 0.25) is 0 Å². The van der Waals surface area contributed by atoms with Gasteiger partial charge < -0.3 is 19.5 Å². The van der Waals surface area contributed by atoms with Gasteiger partial charge in [0.15, 0.2) is 0 Å². The number of aliphatic hydroxyl groups excluding tert-OH is 1. The molecule has 1 saturated heterocycles. The van der Waals surface area contributed by atoms with Crippen LogP contribution >= 0.6 is 0 Å². The van der Waals surface area contributed by atoms with E-state index in [4.69, 9.17) is 14.6 Å². The van der Waals surface area contributed by atoms with Crippen LogP contribution in [0.1, 0.15) is 20.8 Å². The number of likely N-dealkylation sites (tertiary alicyclic amines) is 1. The zero-order valence-corrected chi connectivity index (χ0v) is 12.4. The van der Waals surface area contributed by atoms with Crippen molar-refractivity contribution in [1.29, 1.82) is 0 Å². The van der Waals surface area contributed by atoms with Crippen LogP contribution in [-0.2, 0) is 9.47 Å². The highest BCUT2D eigenvalue weighted by atomic mass is 16.6. The van der Waals surface area contributed by atoms with Crippen molar-refractivity contribution in [3.8, 4) is 0 Å². The highest BCUT2D eigenvalue weighted by Crippen LogP contribution is 2.18. The molecule has 0 aromatic heterocycles. The molecular formula is C13H26N2O4. The summed E-state index contributed by atoms with van der Waals surface area (Å²) in [5.41, 5.74) is -0.455. The number of hydrogen-bond donors (Lipinski definition) is 1. The first-order valence-corrected chi connectivity index (χ1v) is 6.69. The molecule has 1 fully saturated rings. The molecule has 6 nitrogen and oxygen atoms in total. The van der Waals surface area contributed by atoms with Crippen LogP contribution in [0.4, 0.5) is 4.79 Å². The van der Waals surface area contributed by atoms with Crippen molar-refractivity contribution in [2.75, 3.05) is 46.5 Å². The topological polar surface area (TPSA) is 62.2 Å². The monoisotopic (exact) mass is 274 g/mol. The summed E-state index contributed by atoms with van der Waals surface area (Å²) in [5.74, 6) is 0. The number of rotatable bonds is 6. The summed E-state index contributed by atoms with van der Waals surface area (Å²) >= 11 is 0. The van der Waals surface area contributed by atoms with Gasteiger partial charge in [-0.3, -0.25) is 4.90 Å². The second-order valence-electron chi connectivity index (χ2n) is 5.79. The molecule has 0 saturated carbocycles. The maximum absolute atomic E-state index is 11.8. The van der Waals surface area contributed by atoms with Crippen molar-refractivity contribution in [3.63, 3.8) is 0 Å². The molecule has 1 aliphatic heterocycles. The van der Waals surface area contributed by atoms with E-state index < -0.39 is 5.60 Å². The van der Waals surface area contributed by atoms with E-state index in [2.05, 4.69) is 4.90 Å². The van der Waals surface area contributed by atoms with Crippen molar-refractivity contribution in [3.05, 3.63) is 0 Å². The summed E-state index contributed by atoms with van der Waals surface area (Å²) in [6.07, 6.45) is -0.264. The first-order chi connectivity index (χ1) is 8.87. The molecule has 112 valence electrons. The van der Waals surface area contributed by atoms with Crippen molar-refractivity contribution < 1.29 is 19.4 Å². The van der Waals surface area contributed by atoms with Gasteiger partial charge in [-0.1, -0.05) is 0 Å². The van der Waals surface area contributed by atoms with Gasteiger partial charge in [0, 0.05) is 39.3 Å². The van der Waals surface area contributed by atoms with Crippen LogP contribution in [0.5, 0.6) is 0 Å². The van der Waals surface area contributed by atoms with Crippen molar-refractivity contribution in [2.24, 2.45) is 0 Å². The van der Waals surface area contributed by atoms with Gasteiger partial charge in [-0.25, -0.2) is 4.79 Å². The Hall–Kier alpha value is -0.850. The minimum absolute atomic E-state index is 0.118. The minimum atomic E-state index is -0.455. The lowest BCUT2D eigenvalue weighted by Gasteiger charge is -2.45. The number of ether oxygens (including phenoxy) is 2. The molecule has 19 heavy (non-hydrogen) atoms. The van der Waals surface area contributed by atoms with Crippen molar-refractivity contribution in [2.45, 2.75) is 32.4 Å². The van der Waals surface area contributed by atoms with E-state index in [-0.39, 0.29) is 18.7 Å². The van der Waals surface area contributed by atoms with Gasteiger partial charge in [-0.15, -0.1) is 0 Å². The number of amides is 1. The number of carbonyl (C=O) groups is 1. The van der Waals surface area contributed by atoms with Gasteiger partial charge in [-0.2, -0.15) is 0 Å². The summed E-state index contributed by atoms with van der Waals surface area (Å²) in [4.78, 5) is 15.6. The normalized spacial score (nSPS) is 16.6. The average molecular weight is 274 g/mol. The zero-order valence-electron chi connectivity index (χ0n) is 12.4. The predicted octanol–water partition coefficient (Wildman–Crippen LogP) is 0.546. The number of hydrogen-bond acceptors (Lipinski definition) is 5. The Morgan fingerprint density at radius 3 is 2.47 bits per heavy atom. The van der Waals surface area contributed by atoms with E-state index in [1.54, 1.807) is 12.0 Å². The first-order valence-electron chi connectivity index (χ1n) is 6.69. The SMILES string of the molecule is COCCN(CCO)C1CN(C(=O)OC(C)(C)C)C1. The Balaban J connectivity index is 2.35. The lowest BCUT2D eigenvalue weighted by molar-refractivity contribution is -0.0216. The fourth-order valence-corrected chi connectivity index (χ4v) is 1.98. The summed E-state index contributed by atoms with van der Waals surface area (Å²) in [5, 5.41) is 9.04. The summed E-state index contributed by atoms with van der Waals surface area (Å²) in [7, 11) is 1.66. The Kier molecular flexibility index (Phi) is 6.03. The third-order valence-corrected chi connectivity index (χ3v) is 3.00. The van der Waals surface area contributed by atoms with Gasteiger partial charge in [-0.05, 0) is 20.8 Å². The standard InChI is InChI=1S/C13H26N2O4/c1-13(2,3)19-12(17)15-9-11(10-15)14(5-7-16)6-8-18-4/h11,16H,5-10H2,1-4H3. The molecule has 1 N–H and O–H groups in total. The predicted molar refractivity (Wildman–Crippen MR) is 72.1 cm³/mol. The van der Waals surface area contributed by atoms with Crippen LogP contribution in [0.15, 0.2) is 0 Å². The van der Waals surface area contributed by atoms with E-state index in [9.17, 15) is 4.79 Å². The van der Waals surface area contributed by atoms with E-state index in [0.717, 1.165) is 6.54 Å². The van der Waals surface area contributed by atoms with E-state index in [1.165, 1.54) is 0 Å². The molecule has 6 heteroatoms. The largest absolute Gasteiger partial charge is 0.444 e. The lowest BCUT2D eigenvalue weighted by Crippen LogP contribution is -2.62. The number of nitrogens with zero attached hydrogens (tertiary/aromatic N) is 2. The Morgan fingerprint density at radius 1 is 1.37 bits per heavy atom. The smallest absolute Gasteiger partial charge is 0.410 e. The van der Waals surface area contributed by atoms with Gasteiger partial charge in [0.25, 0.3) is 0 Å². The fraction of sp³-hybridized carbons (Fsp3) is 0.923. The molecule has 0 bridgehead atoms. The molecule has 0 aliphatic carbocycles. The molecule has 1 rings (SSSR count). The quantitative estimate of drug-likeness (QED) is 0.766. The van der Waals surface area contributed by atoms with Crippen LogP contribution in [0.3, 0.4) is 0 Å². The highest BCUT2D eigenvalue weighted by molar-refractivity contribution is 5.69. The minimum Gasteiger partial charge on any atom is -0.444 e. The van der Waals surface area contributed by atoms with E-state index in [1.807, 2.05) is 20.8 Å². The highest BCUT2D eigenvalue weighted by Gasteiger charge is 2.36. The van der Waals surface area contributed by atoms with Gasteiger partial charge >= 0.3 is 6.09 Å². The van der Waals surface area contributed by atoms with Crippen molar-refractivity contribution in [1.82, 2.24) is 9.80 Å². The molecule has 0 spiro atoms. The third-order valence-electron chi connectivity index (χ3n) is 3.00. The maximum Gasteiger partial charge on any atom is 0.410 e. The molecule has 0 radical (unpaired) electrons. The molecule has 1 aliphatic rings. The maximum atomic E-state index is 11.8.